The summed E-state index contributed by atoms with van der Waals surface area (Å²) in [5.41, 5.74) is 0.953. The number of pyridine rings is 1. The summed E-state index contributed by atoms with van der Waals surface area (Å²) in [5, 5.41) is 3.88. The summed E-state index contributed by atoms with van der Waals surface area (Å²) in [6.45, 7) is 5.47. The summed E-state index contributed by atoms with van der Waals surface area (Å²) in [6.07, 6.45) is 0. The van der Waals surface area contributed by atoms with Gasteiger partial charge in [-0.15, -0.1) is 0 Å². The van der Waals surface area contributed by atoms with Gasteiger partial charge < -0.3 is 14.8 Å². The maximum absolute atomic E-state index is 12.3. The molecule has 0 fully saturated rings. The van der Waals surface area contributed by atoms with Gasteiger partial charge in [0.05, 0.1) is 12.8 Å². The molecule has 1 aromatic heterocycles. The highest BCUT2D eigenvalue weighted by Gasteiger charge is 2.22. The van der Waals surface area contributed by atoms with Crippen molar-refractivity contribution in [2.75, 3.05) is 19.5 Å². The van der Waals surface area contributed by atoms with E-state index in [1.165, 1.54) is 0 Å². The fourth-order valence-corrected chi connectivity index (χ4v) is 2.01. The number of aromatic nitrogens is 1. The van der Waals surface area contributed by atoms with Crippen LogP contribution in [-0.4, -0.2) is 30.7 Å². The number of anilines is 1. The second-order valence-electron chi connectivity index (χ2n) is 5.67. The lowest BCUT2D eigenvalue weighted by Crippen LogP contribution is -2.25. The molecule has 0 unspecified atom stereocenters. The van der Waals surface area contributed by atoms with Crippen LogP contribution in [-0.2, 0) is 4.74 Å². The third-order valence-corrected chi connectivity index (χ3v) is 2.89. The SMILES string of the molecule is CNc1cc2cccc(OC)c2nc1C(=O)OC(C)(C)C. The minimum Gasteiger partial charge on any atom is -0.494 e. The highest BCUT2D eigenvalue weighted by atomic mass is 16.6. The number of para-hydroxylation sites is 1. The molecule has 5 heteroatoms. The third kappa shape index (κ3) is 3.24. The van der Waals surface area contributed by atoms with Crippen LogP contribution in [0, 0.1) is 0 Å². The van der Waals surface area contributed by atoms with Crippen molar-refractivity contribution in [3.63, 3.8) is 0 Å². The van der Waals surface area contributed by atoms with Crippen LogP contribution < -0.4 is 10.1 Å². The Morgan fingerprint density at radius 1 is 1.29 bits per heavy atom. The van der Waals surface area contributed by atoms with E-state index in [-0.39, 0.29) is 5.69 Å². The molecule has 1 N–H and O–H groups in total. The zero-order valence-corrected chi connectivity index (χ0v) is 13.0. The van der Waals surface area contributed by atoms with Crippen LogP contribution in [0.4, 0.5) is 5.69 Å². The van der Waals surface area contributed by atoms with Gasteiger partial charge in [0.1, 0.15) is 16.9 Å². The maximum Gasteiger partial charge on any atom is 0.359 e. The Bertz CT molecular complexity index is 675. The fourth-order valence-electron chi connectivity index (χ4n) is 2.01. The standard InChI is InChI=1S/C16H20N2O3/c1-16(2,3)21-15(19)14-11(17-4)9-10-7-6-8-12(20-5)13(10)18-14/h6-9,17H,1-5H3. The van der Waals surface area contributed by atoms with E-state index in [0.717, 1.165) is 5.39 Å². The van der Waals surface area contributed by atoms with E-state index in [0.29, 0.717) is 17.0 Å². The van der Waals surface area contributed by atoms with Crippen molar-refractivity contribution in [2.45, 2.75) is 26.4 Å². The third-order valence-electron chi connectivity index (χ3n) is 2.89. The number of nitrogens with zero attached hydrogens (tertiary/aromatic N) is 1. The number of hydrogen-bond donors (Lipinski definition) is 1. The molecule has 0 bridgehead atoms. The summed E-state index contributed by atoms with van der Waals surface area (Å²) in [6, 6.07) is 7.48. The predicted molar refractivity (Wildman–Crippen MR) is 83.0 cm³/mol. The summed E-state index contributed by atoms with van der Waals surface area (Å²) < 4.78 is 10.7. The minimum absolute atomic E-state index is 0.254. The minimum atomic E-state index is -0.570. The lowest BCUT2D eigenvalue weighted by molar-refractivity contribution is 0.00645. The molecule has 1 aromatic carbocycles. The lowest BCUT2D eigenvalue weighted by Gasteiger charge is -2.20. The Balaban J connectivity index is 2.59. The average molecular weight is 288 g/mol. The van der Waals surface area contributed by atoms with Crippen molar-refractivity contribution in [3.8, 4) is 5.75 Å². The largest absolute Gasteiger partial charge is 0.494 e. The van der Waals surface area contributed by atoms with E-state index in [2.05, 4.69) is 10.3 Å². The van der Waals surface area contributed by atoms with E-state index < -0.39 is 11.6 Å². The molecule has 0 aliphatic heterocycles. The highest BCUT2D eigenvalue weighted by molar-refractivity contribution is 5.99. The predicted octanol–water partition coefficient (Wildman–Crippen LogP) is 3.24. The quantitative estimate of drug-likeness (QED) is 0.879. The van der Waals surface area contributed by atoms with E-state index in [1.54, 1.807) is 14.2 Å². The van der Waals surface area contributed by atoms with Crippen LogP contribution in [0.5, 0.6) is 5.75 Å². The monoisotopic (exact) mass is 288 g/mol. The van der Waals surface area contributed by atoms with Gasteiger partial charge in [0.2, 0.25) is 0 Å². The Kier molecular flexibility index (Phi) is 4.02. The van der Waals surface area contributed by atoms with Gasteiger partial charge in [-0.05, 0) is 32.9 Å². The molecule has 0 atom stereocenters. The number of esters is 1. The summed E-state index contributed by atoms with van der Waals surface area (Å²) in [7, 11) is 3.33. The number of fused-ring (bicyclic) bond motifs is 1. The first-order chi connectivity index (χ1) is 9.85. The highest BCUT2D eigenvalue weighted by Crippen LogP contribution is 2.28. The first-order valence-electron chi connectivity index (χ1n) is 6.74. The number of hydrogen-bond acceptors (Lipinski definition) is 5. The van der Waals surface area contributed by atoms with Gasteiger partial charge in [-0.2, -0.15) is 0 Å². The number of carbonyl (C=O) groups excluding carboxylic acids is 1. The molecule has 5 nitrogen and oxygen atoms in total. The van der Waals surface area contributed by atoms with Crippen molar-refractivity contribution < 1.29 is 14.3 Å². The average Bonchev–Trinajstić information content (AvgIpc) is 2.43. The van der Waals surface area contributed by atoms with Gasteiger partial charge in [-0.1, -0.05) is 12.1 Å². The second kappa shape index (κ2) is 5.60. The van der Waals surface area contributed by atoms with Gasteiger partial charge in [0, 0.05) is 12.4 Å². The van der Waals surface area contributed by atoms with Crippen molar-refractivity contribution >= 4 is 22.6 Å². The lowest BCUT2D eigenvalue weighted by atomic mass is 10.1. The van der Waals surface area contributed by atoms with Gasteiger partial charge in [0.25, 0.3) is 0 Å². The Morgan fingerprint density at radius 2 is 2.00 bits per heavy atom. The van der Waals surface area contributed by atoms with E-state index >= 15 is 0 Å². The zero-order chi connectivity index (χ0) is 15.6. The molecule has 0 aliphatic carbocycles. The molecule has 2 rings (SSSR count). The summed E-state index contributed by atoms with van der Waals surface area (Å²) >= 11 is 0. The number of benzene rings is 1. The van der Waals surface area contributed by atoms with Crippen LogP contribution in [0.1, 0.15) is 31.3 Å². The smallest absolute Gasteiger partial charge is 0.359 e. The first-order valence-corrected chi connectivity index (χ1v) is 6.74. The molecule has 2 aromatic rings. The molecule has 112 valence electrons. The number of rotatable bonds is 3. The Morgan fingerprint density at radius 3 is 2.57 bits per heavy atom. The zero-order valence-electron chi connectivity index (χ0n) is 13.0. The van der Waals surface area contributed by atoms with Crippen molar-refractivity contribution in [1.29, 1.82) is 0 Å². The Labute approximate surface area is 124 Å². The molecule has 0 aliphatic rings. The van der Waals surface area contributed by atoms with Crippen LogP contribution in [0.25, 0.3) is 10.9 Å². The van der Waals surface area contributed by atoms with E-state index in [9.17, 15) is 4.79 Å². The van der Waals surface area contributed by atoms with Crippen molar-refractivity contribution in [2.24, 2.45) is 0 Å². The molecular weight excluding hydrogens is 268 g/mol. The number of methoxy groups -OCH3 is 1. The van der Waals surface area contributed by atoms with E-state index in [1.807, 2.05) is 45.0 Å². The van der Waals surface area contributed by atoms with Crippen molar-refractivity contribution in [3.05, 3.63) is 30.0 Å². The van der Waals surface area contributed by atoms with Crippen molar-refractivity contribution in [1.82, 2.24) is 4.98 Å². The van der Waals surface area contributed by atoms with Gasteiger partial charge in [0.15, 0.2) is 5.69 Å². The molecular formula is C16H20N2O3. The van der Waals surface area contributed by atoms with Crippen LogP contribution in [0.3, 0.4) is 0 Å². The number of nitrogens with one attached hydrogen (secondary N) is 1. The molecule has 21 heavy (non-hydrogen) atoms. The number of carbonyl (C=O) groups is 1. The summed E-state index contributed by atoms with van der Waals surface area (Å²) in [4.78, 5) is 16.8. The van der Waals surface area contributed by atoms with Crippen LogP contribution in [0.2, 0.25) is 0 Å². The number of ether oxygens (including phenoxy) is 2. The van der Waals surface area contributed by atoms with Crippen LogP contribution >= 0.6 is 0 Å². The van der Waals surface area contributed by atoms with Gasteiger partial charge in [-0.3, -0.25) is 0 Å². The normalized spacial score (nSPS) is 11.3. The van der Waals surface area contributed by atoms with Gasteiger partial charge in [-0.25, -0.2) is 9.78 Å². The van der Waals surface area contributed by atoms with Crippen LogP contribution in [0.15, 0.2) is 24.3 Å². The first kappa shape index (κ1) is 15.1. The topological polar surface area (TPSA) is 60.5 Å². The van der Waals surface area contributed by atoms with E-state index in [4.69, 9.17) is 9.47 Å². The molecule has 0 radical (unpaired) electrons. The maximum atomic E-state index is 12.3. The molecule has 0 saturated carbocycles. The summed E-state index contributed by atoms with van der Waals surface area (Å²) in [5.74, 6) is 0.166. The van der Waals surface area contributed by atoms with Gasteiger partial charge >= 0.3 is 5.97 Å². The fraction of sp³-hybridized carbons (Fsp3) is 0.375. The second-order valence-corrected chi connectivity index (χ2v) is 5.67. The molecule has 0 amide bonds. The molecule has 0 spiro atoms. The molecule has 1 heterocycles. The Hall–Kier alpha value is -2.30. The molecule has 0 saturated heterocycles.